The van der Waals surface area contributed by atoms with Gasteiger partial charge in [-0.1, -0.05) is 6.07 Å². The fourth-order valence-corrected chi connectivity index (χ4v) is 3.88. The molecule has 1 aromatic carbocycles. The van der Waals surface area contributed by atoms with Gasteiger partial charge >= 0.3 is 5.97 Å². The van der Waals surface area contributed by atoms with Gasteiger partial charge in [0.1, 0.15) is 0 Å². The average molecular weight is 288 g/mol. The minimum Gasteiger partial charge on any atom is -0.478 e. The number of carboxylic acids is 1. The van der Waals surface area contributed by atoms with Crippen LogP contribution in [0.5, 0.6) is 0 Å². The van der Waals surface area contributed by atoms with Gasteiger partial charge in [0.25, 0.3) is 0 Å². The molecule has 2 bridgehead atoms. The quantitative estimate of drug-likeness (QED) is 0.793. The van der Waals surface area contributed by atoms with E-state index in [9.17, 15) is 9.59 Å². The van der Waals surface area contributed by atoms with Crippen LogP contribution in [0.2, 0.25) is 0 Å². The normalized spacial score (nSPS) is 30.4. The molecule has 1 amide bonds. The molecule has 0 spiro atoms. The van der Waals surface area contributed by atoms with Gasteiger partial charge in [0, 0.05) is 11.7 Å². The van der Waals surface area contributed by atoms with Gasteiger partial charge in [-0.15, -0.1) is 0 Å². The molecular weight excluding hydrogens is 268 g/mol. The Morgan fingerprint density at radius 2 is 2.00 bits per heavy atom. The molecule has 2 saturated carbocycles. The number of benzene rings is 1. The minimum atomic E-state index is -0.986. The number of amides is 1. The molecule has 5 heteroatoms. The number of fused-ring (bicyclic) bond motifs is 2. The molecule has 112 valence electrons. The van der Waals surface area contributed by atoms with Gasteiger partial charge in [0.2, 0.25) is 5.91 Å². The first-order chi connectivity index (χ1) is 9.97. The van der Waals surface area contributed by atoms with Crippen LogP contribution in [0.15, 0.2) is 18.2 Å². The first-order valence-electron chi connectivity index (χ1n) is 7.37. The molecule has 2 aliphatic carbocycles. The number of nitrogens with two attached hydrogens (primary N) is 1. The van der Waals surface area contributed by atoms with Crippen molar-refractivity contribution in [3.05, 3.63) is 29.3 Å². The van der Waals surface area contributed by atoms with E-state index in [0.29, 0.717) is 23.1 Å². The summed E-state index contributed by atoms with van der Waals surface area (Å²) >= 11 is 0. The highest BCUT2D eigenvalue weighted by Crippen LogP contribution is 2.47. The van der Waals surface area contributed by atoms with Crippen LogP contribution in [0.4, 0.5) is 5.69 Å². The summed E-state index contributed by atoms with van der Waals surface area (Å²) in [5, 5.41) is 12.0. The molecule has 3 rings (SSSR count). The number of hydrogen-bond acceptors (Lipinski definition) is 3. The Morgan fingerprint density at radius 1 is 1.29 bits per heavy atom. The fraction of sp³-hybridized carbons (Fsp3) is 0.500. The number of aromatic carboxylic acids is 1. The lowest BCUT2D eigenvalue weighted by atomic mass is 9.84. The first kappa shape index (κ1) is 14.1. The van der Waals surface area contributed by atoms with Crippen molar-refractivity contribution < 1.29 is 14.7 Å². The van der Waals surface area contributed by atoms with Crippen molar-refractivity contribution in [2.24, 2.45) is 23.5 Å². The van der Waals surface area contributed by atoms with Crippen molar-refractivity contribution in [3.63, 3.8) is 0 Å². The van der Waals surface area contributed by atoms with Crippen LogP contribution in [-0.2, 0) is 4.79 Å². The molecular formula is C16H20N2O3. The van der Waals surface area contributed by atoms with Gasteiger partial charge < -0.3 is 16.2 Å². The van der Waals surface area contributed by atoms with Crippen molar-refractivity contribution in [1.29, 1.82) is 0 Å². The zero-order valence-corrected chi connectivity index (χ0v) is 12.0. The Morgan fingerprint density at radius 3 is 2.62 bits per heavy atom. The average Bonchev–Trinajstić information content (AvgIpc) is 3.01. The fourth-order valence-electron chi connectivity index (χ4n) is 3.88. The maximum absolute atomic E-state index is 12.4. The molecule has 21 heavy (non-hydrogen) atoms. The number of nitrogens with one attached hydrogen (secondary N) is 1. The molecule has 1 aromatic rings. The van der Waals surface area contributed by atoms with Gasteiger partial charge in [0.05, 0.1) is 11.5 Å². The number of aryl methyl sites for hydroxylation is 1. The number of carboxylic acid groups (broad SMARTS) is 1. The second-order valence-electron chi connectivity index (χ2n) is 6.26. The zero-order chi connectivity index (χ0) is 15.1. The van der Waals surface area contributed by atoms with Gasteiger partial charge in [-0.25, -0.2) is 4.79 Å². The molecule has 4 N–H and O–H groups in total. The molecule has 2 fully saturated rings. The van der Waals surface area contributed by atoms with Gasteiger partial charge in [0.15, 0.2) is 0 Å². The van der Waals surface area contributed by atoms with E-state index in [1.165, 1.54) is 6.07 Å². The summed E-state index contributed by atoms with van der Waals surface area (Å²) < 4.78 is 0. The molecule has 5 nitrogen and oxygen atoms in total. The zero-order valence-electron chi connectivity index (χ0n) is 12.0. The van der Waals surface area contributed by atoms with E-state index in [2.05, 4.69) is 5.32 Å². The predicted octanol–water partition coefficient (Wildman–Crippen LogP) is 2.01. The van der Waals surface area contributed by atoms with Gasteiger partial charge in [-0.3, -0.25) is 4.79 Å². The monoisotopic (exact) mass is 288 g/mol. The van der Waals surface area contributed by atoms with Crippen molar-refractivity contribution in [3.8, 4) is 0 Å². The Kier molecular flexibility index (Phi) is 3.45. The van der Waals surface area contributed by atoms with Crippen LogP contribution >= 0.6 is 0 Å². The van der Waals surface area contributed by atoms with Crippen molar-refractivity contribution in [1.82, 2.24) is 0 Å². The van der Waals surface area contributed by atoms with Crippen LogP contribution in [0, 0.1) is 24.7 Å². The molecule has 4 unspecified atom stereocenters. The minimum absolute atomic E-state index is 0.0619. The first-order valence-corrected chi connectivity index (χ1v) is 7.37. The highest BCUT2D eigenvalue weighted by Gasteiger charge is 2.49. The van der Waals surface area contributed by atoms with E-state index >= 15 is 0 Å². The molecule has 0 heterocycles. The lowest BCUT2D eigenvalue weighted by Crippen LogP contribution is -2.42. The maximum Gasteiger partial charge on any atom is 0.336 e. The van der Waals surface area contributed by atoms with E-state index < -0.39 is 5.97 Å². The number of carbonyl (C=O) groups excluding carboxylic acids is 1. The Hall–Kier alpha value is -1.88. The molecule has 0 saturated heterocycles. The summed E-state index contributed by atoms with van der Waals surface area (Å²) in [6.45, 7) is 1.74. The van der Waals surface area contributed by atoms with E-state index in [0.717, 1.165) is 19.3 Å². The Labute approximate surface area is 123 Å². The Balaban J connectivity index is 1.76. The largest absolute Gasteiger partial charge is 0.478 e. The van der Waals surface area contributed by atoms with Gasteiger partial charge in [-0.2, -0.15) is 0 Å². The Bertz CT molecular complexity index is 597. The summed E-state index contributed by atoms with van der Waals surface area (Å²) in [5.74, 6) is -0.346. The topological polar surface area (TPSA) is 92.4 Å². The van der Waals surface area contributed by atoms with E-state index in [1.807, 2.05) is 0 Å². The van der Waals surface area contributed by atoms with Crippen LogP contribution in [0.3, 0.4) is 0 Å². The number of rotatable bonds is 3. The van der Waals surface area contributed by atoms with Crippen LogP contribution < -0.4 is 11.1 Å². The lowest BCUT2D eigenvalue weighted by Gasteiger charge is -2.27. The number of hydrogen-bond donors (Lipinski definition) is 3. The summed E-state index contributed by atoms with van der Waals surface area (Å²) in [7, 11) is 0. The van der Waals surface area contributed by atoms with Crippen molar-refractivity contribution >= 4 is 17.6 Å². The molecule has 4 atom stereocenters. The summed E-state index contributed by atoms with van der Waals surface area (Å²) in [6, 6.07) is 4.89. The smallest absolute Gasteiger partial charge is 0.336 e. The third-order valence-electron chi connectivity index (χ3n) is 5.02. The lowest BCUT2D eigenvalue weighted by molar-refractivity contribution is -0.121. The number of anilines is 1. The summed E-state index contributed by atoms with van der Waals surface area (Å²) in [4.78, 5) is 23.6. The molecule has 0 radical (unpaired) electrons. The number of carbonyl (C=O) groups is 2. The van der Waals surface area contributed by atoms with E-state index in [1.54, 1.807) is 19.1 Å². The highest BCUT2D eigenvalue weighted by molar-refractivity contribution is 5.96. The van der Waals surface area contributed by atoms with E-state index in [4.69, 9.17) is 10.8 Å². The SMILES string of the molecule is Cc1ccc(NC(=O)C2C3CCC(C3)C2N)cc1C(=O)O. The molecule has 0 aliphatic heterocycles. The van der Waals surface area contributed by atoms with Gasteiger partial charge in [-0.05, 0) is 55.7 Å². The summed E-state index contributed by atoms with van der Waals surface area (Å²) in [5.41, 5.74) is 7.58. The summed E-state index contributed by atoms with van der Waals surface area (Å²) in [6.07, 6.45) is 3.25. The standard InChI is InChI=1S/C16H20N2O3/c1-8-2-5-11(7-12(8)16(20)21)18-15(19)13-9-3-4-10(6-9)14(13)17/h2,5,7,9-10,13-14H,3-4,6,17H2,1H3,(H,18,19)(H,20,21). The third kappa shape index (κ3) is 2.42. The van der Waals surface area contributed by atoms with Crippen LogP contribution in [-0.4, -0.2) is 23.0 Å². The van der Waals surface area contributed by atoms with Crippen LogP contribution in [0.25, 0.3) is 0 Å². The van der Waals surface area contributed by atoms with E-state index in [-0.39, 0.29) is 23.4 Å². The second-order valence-corrected chi connectivity index (χ2v) is 6.26. The highest BCUT2D eigenvalue weighted by atomic mass is 16.4. The van der Waals surface area contributed by atoms with Crippen LogP contribution in [0.1, 0.15) is 35.2 Å². The molecule has 2 aliphatic rings. The second kappa shape index (κ2) is 5.15. The molecule has 0 aromatic heterocycles. The maximum atomic E-state index is 12.4. The predicted molar refractivity (Wildman–Crippen MR) is 79.1 cm³/mol. The third-order valence-corrected chi connectivity index (χ3v) is 5.02. The van der Waals surface area contributed by atoms with Crippen molar-refractivity contribution in [2.45, 2.75) is 32.2 Å². The van der Waals surface area contributed by atoms with Crippen molar-refractivity contribution in [2.75, 3.05) is 5.32 Å².